The molecule has 1 atom stereocenters. The molecule has 18 heavy (non-hydrogen) atoms. The van der Waals surface area contributed by atoms with Gasteiger partial charge in [0.1, 0.15) is 0 Å². The van der Waals surface area contributed by atoms with Crippen LogP contribution in [0.25, 0.3) is 0 Å². The molecule has 0 amide bonds. The summed E-state index contributed by atoms with van der Waals surface area (Å²) in [6, 6.07) is 10.4. The third-order valence-electron chi connectivity index (χ3n) is 3.08. The minimum atomic E-state index is 0.686. The predicted molar refractivity (Wildman–Crippen MR) is 85.1 cm³/mol. The number of aryl methyl sites for hydroxylation is 1. The molecule has 0 fully saturated rings. The maximum absolute atomic E-state index is 5.90. The van der Waals surface area contributed by atoms with Gasteiger partial charge in [-0.05, 0) is 65.3 Å². The van der Waals surface area contributed by atoms with E-state index in [0.29, 0.717) is 5.92 Å². The zero-order chi connectivity index (χ0) is 12.8. The van der Waals surface area contributed by atoms with Gasteiger partial charge in [0.2, 0.25) is 0 Å². The van der Waals surface area contributed by atoms with Crippen LogP contribution in [0.5, 0.6) is 0 Å². The number of halogens is 2. The molecule has 0 bridgehead atoms. The Balaban J connectivity index is 1.87. The average Bonchev–Trinajstić information content (AvgIpc) is 2.90. The fraction of sp³-hybridized carbons (Fsp3) is 0.333. The Morgan fingerprint density at radius 1 is 1.11 bits per heavy atom. The topological polar surface area (TPSA) is 0 Å². The maximum atomic E-state index is 5.90. The van der Waals surface area contributed by atoms with E-state index in [1.807, 2.05) is 12.1 Å². The van der Waals surface area contributed by atoms with E-state index < -0.39 is 0 Å². The lowest BCUT2D eigenvalue weighted by Crippen LogP contribution is -2.07. The summed E-state index contributed by atoms with van der Waals surface area (Å²) in [5.41, 5.74) is 2.83. The summed E-state index contributed by atoms with van der Waals surface area (Å²) in [6.45, 7) is 0. The fourth-order valence-corrected chi connectivity index (χ4v) is 3.38. The van der Waals surface area contributed by atoms with Gasteiger partial charge in [-0.25, -0.2) is 0 Å². The molecule has 0 saturated carbocycles. The van der Waals surface area contributed by atoms with Crippen LogP contribution in [-0.4, -0.2) is 5.33 Å². The van der Waals surface area contributed by atoms with Crippen LogP contribution < -0.4 is 0 Å². The van der Waals surface area contributed by atoms with Gasteiger partial charge >= 0.3 is 0 Å². The van der Waals surface area contributed by atoms with Crippen molar-refractivity contribution in [3.8, 4) is 0 Å². The lowest BCUT2D eigenvalue weighted by atomic mass is 9.95. The van der Waals surface area contributed by atoms with Gasteiger partial charge < -0.3 is 0 Å². The molecule has 0 spiro atoms. The Bertz CT molecular complexity index is 450. The van der Waals surface area contributed by atoms with Crippen LogP contribution in [0, 0.1) is 5.92 Å². The van der Waals surface area contributed by atoms with Crippen molar-refractivity contribution in [2.24, 2.45) is 5.92 Å². The molecule has 0 aliphatic rings. The molecular weight excluding hydrogens is 328 g/mol. The zero-order valence-corrected chi connectivity index (χ0v) is 13.3. The van der Waals surface area contributed by atoms with Crippen LogP contribution in [0.3, 0.4) is 0 Å². The van der Waals surface area contributed by atoms with Crippen molar-refractivity contribution >= 4 is 38.9 Å². The minimum Gasteiger partial charge on any atom is -0.152 e. The predicted octanol–water partition coefficient (Wildman–Crippen LogP) is 5.59. The van der Waals surface area contributed by atoms with Gasteiger partial charge in [-0.1, -0.05) is 39.7 Å². The van der Waals surface area contributed by atoms with Crippen LogP contribution >= 0.6 is 38.9 Å². The first-order valence-electron chi connectivity index (χ1n) is 6.09. The molecule has 2 rings (SSSR count). The number of thiophene rings is 1. The number of alkyl halides is 1. The monoisotopic (exact) mass is 342 g/mol. The molecule has 3 heteroatoms. The fourth-order valence-electron chi connectivity index (χ4n) is 1.99. The summed E-state index contributed by atoms with van der Waals surface area (Å²) in [6.07, 6.45) is 3.52. The summed E-state index contributed by atoms with van der Waals surface area (Å²) in [7, 11) is 0. The lowest BCUT2D eigenvalue weighted by molar-refractivity contribution is 0.543. The van der Waals surface area contributed by atoms with Crippen LogP contribution in [0.4, 0.5) is 0 Å². The molecule has 96 valence electrons. The molecule has 0 nitrogen and oxygen atoms in total. The second kappa shape index (κ2) is 7.32. The van der Waals surface area contributed by atoms with E-state index in [-0.39, 0.29) is 0 Å². The molecule has 1 heterocycles. The van der Waals surface area contributed by atoms with Gasteiger partial charge in [0.25, 0.3) is 0 Å². The molecule has 0 saturated heterocycles. The van der Waals surface area contributed by atoms with E-state index in [4.69, 9.17) is 11.6 Å². The maximum Gasteiger partial charge on any atom is 0.0406 e. The third kappa shape index (κ3) is 4.42. The van der Waals surface area contributed by atoms with E-state index in [1.165, 1.54) is 24.0 Å². The van der Waals surface area contributed by atoms with E-state index in [2.05, 4.69) is 44.9 Å². The van der Waals surface area contributed by atoms with Crippen molar-refractivity contribution in [1.29, 1.82) is 0 Å². The molecule has 1 unspecified atom stereocenters. The second-order valence-corrected chi connectivity index (χ2v) is 6.39. The number of hydrogen-bond donors (Lipinski definition) is 0. The smallest absolute Gasteiger partial charge is 0.0406 e. The number of rotatable bonds is 6. The van der Waals surface area contributed by atoms with Gasteiger partial charge in [-0.15, -0.1) is 0 Å². The zero-order valence-electron chi connectivity index (χ0n) is 10.1. The van der Waals surface area contributed by atoms with Crippen molar-refractivity contribution in [3.05, 3.63) is 57.2 Å². The highest BCUT2D eigenvalue weighted by Gasteiger charge is 2.09. The van der Waals surface area contributed by atoms with Gasteiger partial charge in [0, 0.05) is 10.4 Å². The molecule has 0 aliphatic carbocycles. The summed E-state index contributed by atoms with van der Waals surface area (Å²) in [4.78, 5) is 0. The first-order chi connectivity index (χ1) is 8.78. The first kappa shape index (κ1) is 14.1. The van der Waals surface area contributed by atoms with Gasteiger partial charge in [0.05, 0.1) is 0 Å². The summed E-state index contributed by atoms with van der Waals surface area (Å²) in [5, 5.41) is 6.26. The average molecular weight is 344 g/mol. The lowest BCUT2D eigenvalue weighted by Gasteiger charge is -2.13. The Morgan fingerprint density at radius 2 is 1.89 bits per heavy atom. The van der Waals surface area contributed by atoms with Gasteiger partial charge in [-0.3, -0.25) is 0 Å². The van der Waals surface area contributed by atoms with E-state index in [0.717, 1.165) is 16.8 Å². The van der Waals surface area contributed by atoms with Gasteiger partial charge in [0.15, 0.2) is 0 Å². The number of hydrogen-bond acceptors (Lipinski definition) is 1. The van der Waals surface area contributed by atoms with Crippen molar-refractivity contribution in [2.75, 3.05) is 5.33 Å². The first-order valence-corrected chi connectivity index (χ1v) is 8.53. The molecular formula is C15H16BrClS. The largest absolute Gasteiger partial charge is 0.152 e. The molecule has 0 radical (unpaired) electrons. The Hall–Kier alpha value is -0.310. The van der Waals surface area contributed by atoms with E-state index in [9.17, 15) is 0 Å². The van der Waals surface area contributed by atoms with E-state index >= 15 is 0 Å². The van der Waals surface area contributed by atoms with Crippen LogP contribution in [0.15, 0.2) is 41.1 Å². The molecule has 2 aromatic rings. The van der Waals surface area contributed by atoms with Crippen molar-refractivity contribution in [1.82, 2.24) is 0 Å². The summed E-state index contributed by atoms with van der Waals surface area (Å²) >= 11 is 11.3. The molecule has 1 aromatic heterocycles. The van der Waals surface area contributed by atoms with Crippen LogP contribution in [0.1, 0.15) is 17.5 Å². The highest BCUT2D eigenvalue weighted by molar-refractivity contribution is 9.09. The third-order valence-corrected chi connectivity index (χ3v) is 4.98. The summed E-state index contributed by atoms with van der Waals surface area (Å²) in [5.74, 6) is 0.686. The second-order valence-electron chi connectivity index (χ2n) is 4.52. The van der Waals surface area contributed by atoms with Gasteiger partial charge in [-0.2, -0.15) is 11.3 Å². The normalized spacial score (nSPS) is 12.6. The van der Waals surface area contributed by atoms with Crippen LogP contribution in [0.2, 0.25) is 5.02 Å². The SMILES string of the molecule is Clc1ccc(CC(CBr)CCc2ccsc2)cc1. The Morgan fingerprint density at radius 3 is 2.50 bits per heavy atom. The Labute approximate surface area is 126 Å². The van der Waals surface area contributed by atoms with Crippen molar-refractivity contribution < 1.29 is 0 Å². The van der Waals surface area contributed by atoms with E-state index in [1.54, 1.807) is 11.3 Å². The Kier molecular flexibility index (Phi) is 5.74. The minimum absolute atomic E-state index is 0.686. The summed E-state index contributed by atoms with van der Waals surface area (Å²) < 4.78 is 0. The highest BCUT2D eigenvalue weighted by atomic mass is 79.9. The van der Waals surface area contributed by atoms with Crippen molar-refractivity contribution in [2.45, 2.75) is 19.3 Å². The number of benzene rings is 1. The van der Waals surface area contributed by atoms with Crippen LogP contribution in [-0.2, 0) is 12.8 Å². The quantitative estimate of drug-likeness (QED) is 0.600. The van der Waals surface area contributed by atoms with Crippen molar-refractivity contribution in [3.63, 3.8) is 0 Å². The highest BCUT2D eigenvalue weighted by Crippen LogP contribution is 2.20. The molecule has 0 aliphatic heterocycles. The molecule has 1 aromatic carbocycles. The molecule has 0 N–H and O–H groups in total. The standard InChI is InChI=1S/C15H16BrClS/c16-10-14(2-1-13-7-8-18-11-13)9-12-3-5-15(17)6-4-12/h3-8,11,14H,1-2,9-10H2.